The van der Waals surface area contributed by atoms with E-state index in [9.17, 15) is 4.39 Å². The van der Waals surface area contributed by atoms with Crippen LogP contribution in [0.3, 0.4) is 0 Å². The van der Waals surface area contributed by atoms with E-state index in [4.69, 9.17) is 11.6 Å². The predicted octanol–water partition coefficient (Wildman–Crippen LogP) is 4.64. The number of benzene rings is 1. The Hall–Kier alpha value is -2.99. The van der Waals surface area contributed by atoms with Gasteiger partial charge in [-0.05, 0) is 48.9 Å². The van der Waals surface area contributed by atoms with Gasteiger partial charge in [0.05, 0.1) is 5.56 Å². The Kier molecular flexibility index (Phi) is 3.82. The molecule has 25 heavy (non-hydrogen) atoms. The zero-order chi connectivity index (χ0) is 17.4. The lowest BCUT2D eigenvalue weighted by molar-refractivity contribution is 0.629. The van der Waals surface area contributed by atoms with Crippen LogP contribution < -0.4 is 5.32 Å². The maximum absolute atomic E-state index is 14.2. The topological polar surface area (TPSA) is 55.1 Å². The van der Waals surface area contributed by atoms with E-state index in [0.717, 1.165) is 16.8 Å². The number of hydrogen-bond donors (Lipinski definition) is 1. The fraction of sp³-hybridized carbons (Fsp3) is 0.0556. The Morgan fingerprint density at radius 3 is 2.92 bits per heavy atom. The summed E-state index contributed by atoms with van der Waals surface area (Å²) in [5, 5.41) is 8.09. The minimum atomic E-state index is -0.429. The van der Waals surface area contributed by atoms with Gasteiger partial charge < -0.3 is 5.32 Å². The number of anilines is 2. The summed E-state index contributed by atoms with van der Waals surface area (Å²) in [4.78, 5) is 8.60. The highest BCUT2D eigenvalue weighted by atomic mass is 35.5. The van der Waals surface area contributed by atoms with E-state index >= 15 is 0 Å². The highest BCUT2D eigenvalue weighted by Crippen LogP contribution is 2.27. The molecule has 124 valence electrons. The zero-order valence-corrected chi connectivity index (χ0v) is 14.0. The maximum atomic E-state index is 14.2. The monoisotopic (exact) mass is 353 g/mol. The Morgan fingerprint density at radius 1 is 1.20 bits per heavy atom. The number of rotatable bonds is 3. The largest absolute Gasteiger partial charge is 0.338 e. The molecule has 7 heteroatoms. The molecule has 0 amide bonds. The van der Waals surface area contributed by atoms with Crippen LogP contribution in [0.25, 0.3) is 16.9 Å². The minimum absolute atomic E-state index is 0.248. The van der Waals surface area contributed by atoms with Crippen molar-refractivity contribution in [2.24, 2.45) is 0 Å². The zero-order valence-electron chi connectivity index (χ0n) is 13.2. The third-order valence-corrected chi connectivity index (χ3v) is 4.07. The Labute approximate surface area is 148 Å². The van der Waals surface area contributed by atoms with Gasteiger partial charge in [-0.25, -0.2) is 13.9 Å². The van der Waals surface area contributed by atoms with Gasteiger partial charge in [-0.2, -0.15) is 0 Å². The number of aromatic nitrogens is 4. The van der Waals surface area contributed by atoms with Crippen molar-refractivity contribution in [3.05, 3.63) is 71.4 Å². The number of nitrogens with zero attached hydrogens (tertiary/aromatic N) is 4. The average molecular weight is 354 g/mol. The van der Waals surface area contributed by atoms with Gasteiger partial charge in [-0.1, -0.05) is 11.6 Å². The molecule has 1 aromatic carbocycles. The molecule has 4 aromatic rings. The van der Waals surface area contributed by atoms with Crippen LogP contribution in [0.1, 0.15) is 5.56 Å². The van der Waals surface area contributed by atoms with E-state index in [1.807, 2.05) is 25.1 Å². The standard InChI is InChI=1S/C18H13ClFN5/c1-11-10-21-7-6-15(11)22-18-16-3-2-8-25(16)24-17(23-18)13-9-12(19)4-5-14(13)20/h2-10H,1H3,(H,21,22,23,24). The minimum Gasteiger partial charge on any atom is -0.338 e. The van der Waals surface area contributed by atoms with Gasteiger partial charge in [-0.15, -0.1) is 5.10 Å². The van der Waals surface area contributed by atoms with Gasteiger partial charge in [0, 0.05) is 29.3 Å². The van der Waals surface area contributed by atoms with Crippen molar-refractivity contribution in [1.29, 1.82) is 0 Å². The van der Waals surface area contributed by atoms with E-state index in [0.29, 0.717) is 10.8 Å². The number of pyridine rings is 1. The summed E-state index contributed by atoms with van der Waals surface area (Å²) in [5.41, 5.74) is 2.87. The van der Waals surface area contributed by atoms with Gasteiger partial charge in [0.25, 0.3) is 0 Å². The SMILES string of the molecule is Cc1cnccc1Nc1nc(-c2cc(Cl)ccc2F)nn2cccc12. The maximum Gasteiger partial charge on any atom is 0.185 e. The van der Waals surface area contributed by atoms with Crippen molar-refractivity contribution in [2.45, 2.75) is 6.92 Å². The van der Waals surface area contributed by atoms with Gasteiger partial charge in [0.15, 0.2) is 11.6 Å². The van der Waals surface area contributed by atoms with E-state index in [1.165, 1.54) is 18.2 Å². The predicted molar refractivity (Wildman–Crippen MR) is 95.6 cm³/mol. The molecular formula is C18H13ClFN5. The quantitative estimate of drug-likeness (QED) is 0.583. The molecule has 1 N–H and O–H groups in total. The van der Waals surface area contributed by atoms with E-state index < -0.39 is 5.82 Å². The van der Waals surface area contributed by atoms with Crippen LogP contribution in [-0.4, -0.2) is 19.6 Å². The summed E-state index contributed by atoms with van der Waals surface area (Å²) in [6, 6.07) is 9.91. The number of nitrogens with one attached hydrogen (secondary N) is 1. The lowest BCUT2D eigenvalue weighted by atomic mass is 10.2. The first-order valence-electron chi connectivity index (χ1n) is 7.60. The van der Waals surface area contributed by atoms with Gasteiger partial charge >= 0.3 is 0 Å². The molecule has 4 rings (SSSR count). The van der Waals surface area contributed by atoms with Gasteiger partial charge in [0.1, 0.15) is 11.3 Å². The second-order valence-corrected chi connectivity index (χ2v) is 6.00. The molecule has 0 saturated carbocycles. The van der Waals surface area contributed by atoms with Gasteiger partial charge in [-0.3, -0.25) is 4.98 Å². The Bertz CT molecular complexity index is 1080. The normalized spacial score (nSPS) is 11.0. The van der Waals surface area contributed by atoms with Crippen LogP contribution in [0.4, 0.5) is 15.9 Å². The molecule has 5 nitrogen and oxygen atoms in total. The summed E-state index contributed by atoms with van der Waals surface area (Å²) in [7, 11) is 0. The highest BCUT2D eigenvalue weighted by Gasteiger charge is 2.14. The third kappa shape index (κ3) is 2.92. The summed E-state index contributed by atoms with van der Waals surface area (Å²) in [5.74, 6) is 0.392. The fourth-order valence-electron chi connectivity index (χ4n) is 2.55. The molecule has 0 aliphatic heterocycles. The van der Waals surface area contributed by atoms with Crippen LogP contribution in [0, 0.1) is 12.7 Å². The molecule has 0 fully saturated rings. The Morgan fingerprint density at radius 2 is 2.08 bits per heavy atom. The van der Waals surface area contributed by atoms with Crippen molar-refractivity contribution in [1.82, 2.24) is 19.6 Å². The molecule has 0 spiro atoms. The first-order valence-corrected chi connectivity index (χ1v) is 7.98. The summed E-state index contributed by atoms with van der Waals surface area (Å²) in [6.45, 7) is 1.95. The number of aryl methyl sites for hydroxylation is 1. The molecule has 3 aromatic heterocycles. The number of halogens is 2. The molecule has 0 saturated heterocycles. The molecule has 0 bridgehead atoms. The summed E-state index contributed by atoms with van der Waals surface area (Å²) < 4.78 is 15.9. The summed E-state index contributed by atoms with van der Waals surface area (Å²) in [6.07, 6.45) is 5.24. The first-order chi connectivity index (χ1) is 12.1. The van der Waals surface area contributed by atoms with Crippen LogP contribution >= 0.6 is 11.6 Å². The van der Waals surface area contributed by atoms with Crippen molar-refractivity contribution in [3.8, 4) is 11.4 Å². The molecule has 0 aliphatic rings. The molecule has 0 atom stereocenters. The second-order valence-electron chi connectivity index (χ2n) is 5.56. The molecule has 0 unspecified atom stereocenters. The van der Waals surface area contributed by atoms with Crippen molar-refractivity contribution in [2.75, 3.05) is 5.32 Å². The first kappa shape index (κ1) is 15.5. The third-order valence-electron chi connectivity index (χ3n) is 3.83. The highest BCUT2D eigenvalue weighted by molar-refractivity contribution is 6.30. The van der Waals surface area contributed by atoms with Crippen LogP contribution in [0.15, 0.2) is 55.0 Å². The van der Waals surface area contributed by atoms with Crippen LogP contribution in [0.5, 0.6) is 0 Å². The van der Waals surface area contributed by atoms with Crippen molar-refractivity contribution in [3.63, 3.8) is 0 Å². The number of fused-ring (bicyclic) bond motifs is 1. The van der Waals surface area contributed by atoms with E-state index in [-0.39, 0.29) is 11.4 Å². The molecular weight excluding hydrogens is 341 g/mol. The van der Waals surface area contributed by atoms with Crippen LogP contribution in [-0.2, 0) is 0 Å². The van der Waals surface area contributed by atoms with Crippen molar-refractivity contribution >= 4 is 28.6 Å². The van der Waals surface area contributed by atoms with E-state index in [1.54, 1.807) is 23.1 Å². The lowest BCUT2D eigenvalue weighted by Gasteiger charge is -2.12. The second kappa shape index (κ2) is 6.14. The van der Waals surface area contributed by atoms with E-state index in [2.05, 4.69) is 20.4 Å². The van der Waals surface area contributed by atoms with Crippen LogP contribution in [0.2, 0.25) is 5.02 Å². The van der Waals surface area contributed by atoms with Gasteiger partial charge in [0.2, 0.25) is 0 Å². The smallest absolute Gasteiger partial charge is 0.185 e. The lowest BCUT2D eigenvalue weighted by Crippen LogP contribution is -2.04. The number of hydrogen-bond acceptors (Lipinski definition) is 4. The fourth-order valence-corrected chi connectivity index (χ4v) is 2.72. The molecule has 3 heterocycles. The molecule has 0 radical (unpaired) electrons. The Balaban J connectivity index is 1.88. The van der Waals surface area contributed by atoms with Crippen molar-refractivity contribution < 1.29 is 4.39 Å². The molecule has 0 aliphatic carbocycles. The average Bonchev–Trinajstić information content (AvgIpc) is 3.08. The summed E-state index contributed by atoms with van der Waals surface area (Å²) >= 11 is 6.00.